The number of benzene rings is 1. The van der Waals surface area contributed by atoms with Crippen LogP contribution < -0.4 is 5.73 Å². The molecule has 0 spiro atoms. The molecule has 1 aromatic carbocycles. The molecule has 0 aromatic heterocycles. The van der Waals surface area contributed by atoms with Crippen LogP contribution in [-0.4, -0.2) is 24.0 Å². The van der Waals surface area contributed by atoms with Crippen molar-refractivity contribution in [1.29, 1.82) is 0 Å². The molecule has 0 radical (unpaired) electrons. The highest BCUT2D eigenvalue weighted by atomic mass is 15.1. The fourth-order valence-electron chi connectivity index (χ4n) is 1.73. The molecule has 0 saturated heterocycles. The van der Waals surface area contributed by atoms with E-state index in [2.05, 4.69) is 49.9 Å². The number of hydrogen-bond acceptors (Lipinski definition) is 2. The first-order valence-electron chi connectivity index (χ1n) is 5.63. The van der Waals surface area contributed by atoms with Gasteiger partial charge in [0.15, 0.2) is 0 Å². The highest BCUT2D eigenvalue weighted by Crippen LogP contribution is 2.09. The van der Waals surface area contributed by atoms with Gasteiger partial charge in [-0.05, 0) is 26.3 Å². The summed E-state index contributed by atoms with van der Waals surface area (Å²) in [6, 6.07) is 9.22. The largest absolute Gasteiger partial charge is 0.329 e. The summed E-state index contributed by atoms with van der Waals surface area (Å²) in [5, 5.41) is 0. The van der Waals surface area contributed by atoms with Crippen molar-refractivity contribution < 1.29 is 0 Å². The molecular weight excluding hydrogens is 184 g/mol. The van der Waals surface area contributed by atoms with E-state index in [0.29, 0.717) is 6.04 Å². The van der Waals surface area contributed by atoms with Crippen molar-refractivity contribution in [2.75, 3.05) is 13.1 Å². The summed E-state index contributed by atoms with van der Waals surface area (Å²) >= 11 is 0. The van der Waals surface area contributed by atoms with Crippen molar-refractivity contribution >= 4 is 0 Å². The van der Waals surface area contributed by atoms with Crippen molar-refractivity contribution in [3.8, 4) is 0 Å². The maximum absolute atomic E-state index is 5.61. The summed E-state index contributed by atoms with van der Waals surface area (Å²) in [6.07, 6.45) is 0. The van der Waals surface area contributed by atoms with Gasteiger partial charge in [-0.2, -0.15) is 0 Å². The molecule has 0 heterocycles. The maximum Gasteiger partial charge on any atom is 0.0237 e. The number of hydrogen-bond donors (Lipinski definition) is 1. The minimum Gasteiger partial charge on any atom is -0.329 e. The van der Waals surface area contributed by atoms with Crippen LogP contribution in [0.25, 0.3) is 0 Å². The van der Waals surface area contributed by atoms with E-state index in [1.807, 2.05) is 0 Å². The van der Waals surface area contributed by atoms with Crippen LogP contribution in [0, 0.1) is 6.92 Å². The third-order valence-electron chi connectivity index (χ3n) is 2.61. The smallest absolute Gasteiger partial charge is 0.0237 e. The molecule has 0 saturated carbocycles. The zero-order valence-corrected chi connectivity index (χ0v) is 10.0. The molecule has 0 atom stereocenters. The van der Waals surface area contributed by atoms with Gasteiger partial charge in [0.1, 0.15) is 0 Å². The number of rotatable bonds is 5. The van der Waals surface area contributed by atoms with Gasteiger partial charge in [0, 0.05) is 25.7 Å². The predicted molar refractivity (Wildman–Crippen MR) is 65.8 cm³/mol. The van der Waals surface area contributed by atoms with Crippen LogP contribution in [0.15, 0.2) is 24.3 Å². The summed E-state index contributed by atoms with van der Waals surface area (Å²) in [6.45, 7) is 9.25. The standard InChI is InChI=1S/C13H22N2/c1-11(2)15(8-7-14)10-13-6-4-5-12(3)9-13/h4-6,9,11H,7-8,10,14H2,1-3H3. The highest BCUT2D eigenvalue weighted by Gasteiger charge is 2.08. The molecular formula is C13H22N2. The van der Waals surface area contributed by atoms with Crippen molar-refractivity contribution in [3.05, 3.63) is 35.4 Å². The van der Waals surface area contributed by atoms with Gasteiger partial charge in [-0.15, -0.1) is 0 Å². The second-order valence-corrected chi connectivity index (χ2v) is 4.34. The van der Waals surface area contributed by atoms with Gasteiger partial charge in [0.25, 0.3) is 0 Å². The van der Waals surface area contributed by atoms with Crippen LogP contribution in [0.3, 0.4) is 0 Å². The van der Waals surface area contributed by atoms with Crippen LogP contribution in [0.5, 0.6) is 0 Å². The fraction of sp³-hybridized carbons (Fsp3) is 0.538. The van der Waals surface area contributed by atoms with E-state index in [1.165, 1.54) is 11.1 Å². The SMILES string of the molecule is Cc1cccc(CN(CCN)C(C)C)c1. The Morgan fingerprint density at radius 2 is 2.07 bits per heavy atom. The number of aryl methyl sites for hydroxylation is 1. The first kappa shape index (κ1) is 12.2. The molecule has 2 heteroatoms. The molecule has 84 valence electrons. The molecule has 0 bridgehead atoms. The van der Waals surface area contributed by atoms with E-state index < -0.39 is 0 Å². The lowest BCUT2D eigenvalue weighted by atomic mass is 10.1. The van der Waals surface area contributed by atoms with Crippen LogP contribution in [0.1, 0.15) is 25.0 Å². The van der Waals surface area contributed by atoms with Crippen LogP contribution in [0.4, 0.5) is 0 Å². The molecule has 0 fully saturated rings. The first-order valence-corrected chi connectivity index (χ1v) is 5.63. The number of nitrogens with two attached hydrogens (primary N) is 1. The van der Waals surface area contributed by atoms with E-state index in [0.717, 1.165) is 19.6 Å². The van der Waals surface area contributed by atoms with Crippen molar-refractivity contribution in [1.82, 2.24) is 4.90 Å². The quantitative estimate of drug-likeness (QED) is 0.800. The predicted octanol–water partition coefficient (Wildman–Crippen LogP) is 2.16. The Balaban J connectivity index is 2.65. The van der Waals surface area contributed by atoms with Gasteiger partial charge < -0.3 is 5.73 Å². The summed E-state index contributed by atoms with van der Waals surface area (Å²) < 4.78 is 0. The molecule has 0 amide bonds. The Kier molecular flexibility index (Phi) is 4.79. The zero-order chi connectivity index (χ0) is 11.3. The molecule has 0 aliphatic heterocycles. The molecule has 2 nitrogen and oxygen atoms in total. The van der Waals surface area contributed by atoms with Crippen LogP contribution in [-0.2, 0) is 6.54 Å². The van der Waals surface area contributed by atoms with Gasteiger partial charge >= 0.3 is 0 Å². The molecule has 1 rings (SSSR count). The Morgan fingerprint density at radius 3 is 2.60 bits per heavy atom. The third kappa shape index (κ3) is 4.02. The Labute approximate surface area is 93.1 Å². The molecule has 0 unspecified atom stereocenters. The van der Waals surface area contributed by atoms with Crippen molar-refractivity contribution in [3.63, 3.8) is 0 Å². The molecule has 15 heavy (non-hydrogen) atoms. The van der Waals surface area contributed by atoms with Crippen LogP contribution >= 0.6 is 0 Å². The van der Waals surface area contributed by atoms with E-state index in [9.17, 15) is 0 Å². The normalized spacial score (nSPS) is 11.3. The summed E-state index contributed by atoms with van der Waals surface area (Å²) in [5.74, 6) is 0. The summed E-state index contributed by atoms with van der Waals surface area (Å²) in [4.78, 5) is 2.40. The molecule has 0 aliphatic rings. The van der Waals surface area contributed by atoms with Gasteiger partial charge in [-0.3, -0.25) is 4.90 Å². The van der Waals surface area contributed by atoms with Gasteiger partial charge in [0.2, 0.25) is 0 Å². The molecule has 0 aliphatic carbocycles. The lowest BCUT2D eigenvalue weighted by molar-refractivity contribution is 0.219. The molecule has 1 aromatic rings. The summed E-state index contributed by atoms with van der Waals surface area (Å²) in [5.41, 5.74) is 8.30. The lowest BCUT2D eigenvalue weighted by Crippen LogP contribution is -2.34. The van der Waals surface area contributed by atoms with Crippen molar-refractivity contribution in [2.24, 2.45) is 5.73 Å². The van der Waals surface area contributed by atoms with Gasteiger partial charge in [0.05, 0.1) is 0 Å². The van der Waals surface area contributed by atoms with E-state index in [4.69, 9.17) is 5.73 Å². The van der Waals surface area contributed by atoms with E-state index >= 15 is 0 Å². The summed E-state index contributed by atoms with van der Waals surface area (Å²) in [7, 11) is 0. The van der Waals surface area contributed by atoms with Crippen molar-refractivity contribution in [2.45, 2.75) is 33.4 Å². The molecule has 2 N–H and O–H groups in total. The topological polar surface area (TPSA) is 29.3 Å². The minimum absolute atomic E-state index is 0.550. The Bertz CT molecular complexity index is 294. The Hall–Kier alpha value is -0.860. The monoisotopic (exact) mass is 206 g/mol. The van der Waals surface area contributed by atoms with Crippen LogP contribution in [0.2, 0.25) is 0 Å². The van der Waals surface area contributed by atoms with Gasteiger partial charge in [-0.1, -0.05) is 29.8 Å². The average molecular weight is 206 g/mol. The maximum atomic E-state index is 5.61. The van der Waals surface area contributed by atoms with E-state index in [1.54, 1.807) is 0 Å². The highest BCUT2D eigenvalue weighted by molar-refractivity contribution is 5.22. The third-order valence-corrected chi connectivity index (χ3v) is 2.61. The first-order chi connectivity index (χ1) is 7.13. The Morgan fingerprint density at radius 1 is 1.33 bits per heavy atom. The fourth-order valence-corrected chi connectivity index (χ4v) is 1.73. The average Bonchev–Trinajstić information content (AvgIpc) is 2.17. The second kappa shape index (κ2) is 5.89. The second-order valence-electron chi connectivity index (χ2n) is 4.34. The zero-order valence-electron chi connectivity index (χ0n) is 10.0. The minimum atomic E-state index is 0.550. The van der Waals surface area contributed by atoms with E-state index in [-0.39, 0.29) is 0 Å². The van der Waals surface area contributed by atoms with Gasteiger partial charge in [-0.25, -0.2) is 0 Å². The number of nitrogens with zero attached hydrogens (tertiary/aromatic N) is 1. The lowest BCUT2D eigenvalue weighted by Gasteiger charge is -2.25.